The van der Waals surface area contributed by atoms with E-state index in [1.807, 2.05) is 0 Å². The highest BCUT2D eigenvalue weighted by atomic mass is 31.2. The van der Waals surface area contributed by atoms with E-state index in [0.29, 0.717) is 18.6 Å². The SMILES string of the molecule is CC(C)(C)c1cc2c(c(C(C)(C)C)c1)CCP(=O)(O)Oc1c(cc(C(C)(C)C)cc1C(C)(C)C)C2. The molecule has 1 atom stereocenters. The van der Waals surface area contributed by atoms with Gasteiger partial charge in [-0.2, -0.15) is 0 Å². The first-order valence-electron chi connectivity index (χ1n) is 13.0. The minimum absolute atomic E-state index is 0.00287. The van der Waals surface area contributed by atoms with Gasteiger partial charge < -0.3 is 9.42 Å². The minimum Gasteiger partial charge on any atom is -0.424 e. The van der Waals surface area contributed by atoms with Gasteiger partial charge in [-0.15, -0.1) is 0 Å². The average Bonchev–Trinajstić information content (AvgIpc) is 2.68. The average molecular weight is 499 g/mol. The van der Waals surface area contributed by atoms with Crippen molar-refractivity contribution in [1.82, 2.24) is 0 Å². The van der Waals surface area contributed by atoms with Gasteiger partial charge in [0.25, 0.3) is 0 Å². The highest BCUT2D eigenvalue weighted by Gasteiger charge is 2.34. The molecule has 3 rings (SSSR count). The summed E-state index contributed by atoms with van der Waals surface area (Å²) in [6.45, 7) is 26.6. The van der Waals surface area contributed by atoms with Crippen LogP contribution in [0.3, 0.4) is 0 Å². The van der Waals surface area contributed by atoms with Gasteiger partial charge in [0, 0.05) is 12.0 Å². The van der Waals surface area contributed by atoms with Crippen molar-refractivity contribution in [3.63, 3.8) is 0 Å². The van der Waals surface area contributed by atoms with E-state index in [-0.39, 0.29) is 27.8 Å². The molecule has 3 nitrogen and oxygen atoms in total. The zero-order valence-electron chi connectivity index (χ0n) is 24.1. The second kappa shape index (κ2) is 8.77. The van der Waals surface area contributed by atoms with Crippen LogP contribution in [0.25, 0.3) is 0 Å². The van der Waals surface area contributed by atoms with E-state index in [0.717, 1.165) is 11.1 Å². The van der Waals surface area contributed by atoms with Crippen molar-refractivity contribution in [2.75, 3.05) is 6.16 Å². The summed E-state index contributed by atoms with van der Waals surface area (Å²) in [6, 6.07) is 9.06. The first-order valence-corrected chi connectivity index (χ1v) is 14.7. The fourth-order valence-corrected chi connectivity index (χ4v) is 5.95. The molecule has 0 amide bonds. The molecule has 194 valence electrons. The fraction of sp³-hybridized carbons (Fsp3) is 0.613. The number of benzene rings is 2. The van der Waals surface area contributed by atoms with E-state index >= 15 is 0 Å². The molecule has 0 radical (unpaired) electrons. The summed E-state index contributed by atoms with van der Waals surface area (Å²) < 4.78 is 19.5. The Hall–Kier alpha value is -1.57. The smallest absolute Gasteiger partial charge is 0.376 e. The molecule has 0 bridgehead atoms. The normalized spacial score (nSPS) is 19.7. The van der Waals surface area contributed by atoms with Crippen molar-refractivity contribution >= 4 is 7.60 Å². The molecule has 1 N–H and O–H groups in total. The van der Waals surface area contributed by atoms with E-state index in [9.17, 15) is 9.46 Å². The van der Waals surface area contributed by atoms with Gasteiger partial charge >= 0.3 is 7.60 Å². The van der Waals surface area contributed by atoms with Crippen LogP contribution < -0.4 is 4.52 Å². The van der Waals surface area contributed by atoms with Gasteiger partial charge in [0.1, 0.15) is 5.75 Å². The third kappa shape index (κ3) is 6.23. The molecule has 1 heterocycles. The third-order valence-corrected chi connectivity index (χ3v) is 8.37. The van der Waals surface area contributed by atoms with Gasteiger partial charge in [-0.3, -0.25) is 0 Å². The molecule has 1 unspecified atom stereocenters. The Morgan fingerprint density at radius 2 is 1.14 bits per heavy atom. The Kier molecular flexibility index (Phi) is 7.02. The largest absolute Gasteiger partial charge is 0.424 e. The molecule has 0 saturated heterocycles. The monoisotopic (exact) mass is 498 g/mol. The van der Waals surface area contributed by atoms with Crippen molar-refractivity contribution < 1.29 is 14.0 Å². The lowest BCUT2D eigenvalue weighted by atomic mass is 9.74. The molecule has 0 saturated carbocycles. The van der Waals surface area contributed by atoms with Crippen molar-refractivity contribution in [2.45, 2.75) is 118 Å². The predicted molar refractivity (Wildman–Crippen MR) is 150 cm³/mol. The third-order valence-electron chi connectivity index (χ3n) is 7.12. The number of rotatable bonds is 0. The summed E-state index contributed by atoms with van der Waals surface area (Å²) in [5, 5.41) is 0. The Balaban J connectivity index is 2.44. The summed E-state index contributed by atoms with van der Waals surface area (Å²) in [5.74, 6) is 0.600. The number of fused-ring (bicyclic) bond motifs is 2. The van der Waals surface area contributed by atoms with Crippen molar-refractivity contribution in [3.05, 3.63) is 63.2 Å². The van der Waals surface area contributed by atoms with Gasteiger partial charge in [-0.05, 0) is 61.5 Å². The van der Waals surface area contributed by atoms with Crippen LogP contribution in [0.5, 0.6) is 5.75 Å². The van der Waals surface area contributed by atoms with Crippen LogP contribution in [0.4, 0.5) is 0 Å². The molecule has 4 heteroatoms. The zero-order chi connectivity index (χ0) is 26.8. The molecule has 0 spiro atoms. The van der Waals surface area contributed by atoms with Crippen LogP contribution >= 0.6 is 7.60 Å². The van der Waals surface area contributed by atoms with E-state index in [1.165, 1.54) is 27.8 Å². The van der Waals surface area contributed by atoms with Gasteiger partial charge in [-0.1, -0.05) is 107 Å². The lowest BCUT2D eigenvalue weighted by Gasteiger charge is -2.30. The van der Waals surface area contributed by atoms with E-state index in [4.69, 9.17) is 4.52 Å². The summed E-state index contributed by atoms with van der Waals surface area (Å²) in [5.41, 5.74) is 7.90. The first-order chi connectivity index (χ1) is 15.6. The van der Waals surface area contributed by atoms with Crippen molar-refractivity contribution in [2.24, 2.45) is 0 Å². The molecule has 35 heavy (non-hydrogen) atoms. The molecular formula is C31H47O3P. The predicted octanol–water partition coefficient (Wildman–Crippen LogP) is 8.59. The lowest BCUT2D eigenvalue weighted by Crippen LogP contribution is -2.21. The number of hydrogen-bond acceptors (Lipinski definition) is 2. The Bertz CT molecular complexity index is 1160. The molecule has 0 aromatic heterocycles. The second-order valence-electron chi connectivity index (χ2n) is 14.6. The van der Waals surface area contributed by atoms with Gasteiger partial charge in [0.15, 0.2) is 0 Å². The molecule has 0 fully saturated rings. The molecule has 2 aromatic carbocycles. The molecular weight excluding hydrogens is 451 g/mol. The topological polar surface area (TPSA) is 46.5 Å². The molecule has 0 aliphatic carbocycles. The van der Waals surface area contributed by atoms with E-state index in [1.54, 1.807) is 0 Å². The van der Waals surface area contributed by atoms with Crippen LogP contribution in [0.15, 0.2) is 24.3 Å². The zero-order valence-corrected chi connectivity index (χ0v) is 25.0. The van der Waals surface area contributed by atoms with Crippen LogP contribution in [-0.2, 0) is 39.1 Å². The maximum absolute atomic E-state index is 13.4. The summed E-state index contributed by atoms with van der Waals surface area (Å²) in [7, 11) is -3.84. The van der Waals surface area contributed by atoms with Gasteiger partial charge in [0.2, 0.25) is 0 Å². The Morgan fingerprint density at radius 3 is 1.60 bits per heavy atom. The Morgan fingerprint density at radius 1 is 0.686 bits per heavy atom. The second-order valence-corrected chi connectivity index (χ2v) is 16.5. The fourth-order valence-electron chi connectivity index (χ4n) is 4.85. The van der Waals surface area contributed by atoms with E-state index in [2.05, 4.69) is 107 Å². The van der Waals surface area contributed by atoms with Crippen LogP contribution in [0.1, 0.15) is 122 Å². The quantitative estimate of drug-likeness (QED) is 0.370. The lowest BCUT2D eigenvalue weighted by molar-refractivity contribution is 0.372. The number of hydrogen-bond donors (Lipinski definition) is 1. The van der Waals surface area contributed by atoms with Crippen molar-refractivity contribution in [3.8, 4) is 5.75 Å². The standard InChI is InChI=1S/C31H47O3P/c1-28(2,3)22-16-20-15-21-17-23(29(4,5)6)19-26(31(10,11)12)27(21)34-35(32,33)14-13-24(20)25(18-22)30(7,8)9/h16-19H,13-15H2,1-12H3,(H,32,33). The first kappa shape index (κ1) is 28.0. The van der Waals surface area contributed by atoms with Crippen LogP contribution in [-0.4, -0.2) is 11.1 Å². The molecule has 2 aromatic rings. The van der Waals surface area contributed by atoms with Crippen LogP contribution in [0, 0.1) is 0 Å². The van der Waals surface area contributed by atoms with Gasteiger partial charge in [0.05, 0.1) is 6.16 Å². The maximum atomic E-state index is 13.4. The summed E-state index contributed by atoms with van der Waals surface area (Å²) >= 11 is 0. The van der Waals surface area contributed by atoms with Crippen molar-refractivity contribution in [1.29, 1.82) is 0 Å². The highest BCUT2D eigenvalue weighted by Crippen LogP contribution is 2.51. The highest BCUT2D eigenvalue weighted by molar-refractivity contribution is 7.53. The molecule has 1 aliphatic heterocycles. The maximum Gasteiger partial charge on any atom is 0.376 e. The summed E-state index contributed by atoms with van der Waals surface area (Å²) in [4.78, 5) is 11.0. The minimum atomic E-state index is -3.84. The van der Waals surface area contributed by atoms with E-state index < -0.39 is 7.60 Å². The molecule has 1 aliphatic rings. The van der Waals surface area contributed by atoms with Gasteiger partial charge in [-0.25, -0.2) is 4.57 Å². The van der Waals surface area contributed by atoms with Crippen LogP contribution in [0.2, 0.25) is 0 Å². The summed E-state index contributed by atoms with van der Waals surface area (Å²) in [6.07, 6.45) is 1.33. The Labute approximate surface area is 214 Å².